The van der Waals surface area contributed by atoms with Gasteiger partial charge in [-0.2, -0.15) is 0 Å². The van der Waals surface area contributed by atoms with Crippen molar-refractivity contribution in [1.82, 2.24) is 14.5 Å². The smallest absolute Gasteiger partial charge is 0.124 e. The molecule has 0 amide bonds. The fraction of sp³-hybridized carbons (Fsp3) is 0.200. The van der Waals surface area contributed by atoms with E-state index in [0.29, 0.717) is 5.88 Å². The van der Waals surface area contributed by atoms with Gasteiger partial charge in [0.1, 0.15) is 5.82 Å². The van der Waals surface area contributed by atoms with Gasteiger partial charge in [-0.1, -0.05) is 15.9 Å². The molecule has 0 aliphatic rings. The zero-order chi connectivity index (χ0) is 13.9. The summed E-state index contributed by atoms with van der Waals surface area (Å²) in [6.45, 7) is 0.865. The fourth-order valence-corrected chi connectivity index (χ4v) is 2.85. The van der Waals surface area contributed by atoms with Crippen molar-refractivity contribution in [1.29, 1.82) is 0 Å². The number of alkyl halides is 1. The SMILES string of the molecule is ClCc1nc2cc(Br)ccc2n1CCc1ccncc1. The van der Waals surface area contributed by atoms with Crippen LogP contribution >= 0.6 is 27.5 Å². The summed E-state index contributed by atoms with van der Waals surface area (Å²) in [5.41, 5.74) is 3.36. The van der Waals surface area contributed by atoms with E-state index in [0.717, 1.165) is 34.3 Å². The number of imidazole rings is 1. The van der Waals surface area contributed by atoms with E-state index in [1.807, 2.05) is 36.7 Å². The molecule has 0 saturated heterocycles. The summed E-state index contributed by atoms with van der Waals surface area (Å²) in [5, 5.41) is 0. The summed E-state index contributed by atoms with van der Waals surface area (Å²) in [5.74, 6) is 1.33. The maximum Gasteiger partial charge on any atom is 0.124 e. The first kappa shape index (κ1) is 13.6. The van der Waals surface area contributed by atoms with Gasteiger partial charge in [0.2, 0.25) is 0 Å². The Balaban J connectivity index is 1.93. The second kappa shape index (κ2) is 5.94. The number of fused-ring (bicyclic) bond motifs is 1. The molecule has 0 spiro atoms. The Hall–Kier alpha value is -1.39. The van der Waals surface area contributed by atoms with Crippen molar-refractivity contribution in [2.24, 2.45) is 0 Å². The Labute approximate surface area is 130 Å². The van der Waals surface area contributed by atoms with Gasteiger partial charge in [0, 0.05) is 23.4 Å². The standard InChI is InChI=1S/C15H13BrClN3/c16-12-1-2-14-13(9-12)19-15(10-17)20(14)8-5-11-3-6-18-7-4-11/h1-4,6-7,9H,5,8,10H2. The van der Waals surface area contributed by atoms with Crippen molar-refractivity contribution in [2.45, 2.75) is 18.8 Å². The monoisotopic (exact) mass is 349 g/mol. The van der Waals surface area contributed by atoms with Crippen LogP contribution in [0.3, 0.4) is 0 Å². The highest BCUT2D eigenvalue weighted by molar-refractivity contribution is 9.10. The average molecular weight is 351 g/mol. The number of halogens is 2. The molecule has 1 aromatic carbocycles. The van der Waals surface area contributed by atoms with E-state index >= 15 is 0 Å². The Morgan fingerprint density at radius 1 is 1.15 bits per heavy atom. The Morgan fingerprint density at radius 2 is 1.95 bits per heavy atom. The molecule has 102 valence electrons. The minimum atomic E-state index is 0.419. The largest absolute Gasteiger partial charge is 0.327 e. The van der Waals surface area contributed by atoms with Crippen molar-refractivity contribution in [3.63, 3.8) is 0 Å². The summed E-state index contributed by atoms with van der Waals surface area (Å²) in [6, 6.07) is 10.2. The van der Waals surface area contributed by atoms with Crippen LogP contribution in [0, 0.1) is 0 Å². The van der Waals surface area contributed by atoms with Gasteiger partial charge in [-0.05, 0) is 42.3 Å². The van der Waals surface area contributed by atoms with Crippen molar-refractivity contribution >= 4 is 38.6 Å². The molecular formula is C15H13BrClN3. The summed E-state index contributed by atoms with van der Waals surface area (Å²) in [4.78, 5) is 8.63. The molecule has 0 N–H and O–H groups in total. The maximum absolute atomic E-state index is 6.02. The molecule has 2 aromatic heterocycles. The van der Waals surface area contributed by atoms with Gasteiger partial charge in [0.15, 0.2) is 0 Å². The minimum absolute atomic E-state index is 0.419. The molecule has 2 heterocycles. The van der Waals surface area contributed by atoms with Gasteiger partial charge in [-0.3, -0.25) is 4.98 Å². The fourth-order valence-electron chi connectivity index (χ4n) is 2.29. The molecule has 5 heteroatoms. The summed E-state index contributed by atoms with van der Waals surface area (Å²) < 4.78 is 3.22. The second-order valence-corrected chi connectivity index (χ2v) is 5.73. The van der Waals surface area contributed by atoms with Crippen molar-refractivity contribution in [3.05, 3.63) is 58.6 Å². The molecule has 20 heavy (non-hydrogen) atoms. The molecule has 0 unspecified atom stereocenters. The van der Waals surface area contributed by atoms with E-state index in [1.54, 1.807) is 0 Å². The minimum Gasteiger partial charge on any atom is -0.327 e. The molecule has 0 aliphatic carbocycles. The zero-order valence-corrected chi connectivity index (χ0v) is 13.1. The highest BCUT2D eigenvalue weighted by atomic mass is 79.9. The predicted molar refractivity (Wildman–Crippen MR) is 84.9 cm³/mol. The summed E-state index contributed by atoms with van der Waals surface area (Å²) in [6.07, 6.45) is 4.58. The van der Waals surface area contributed by atoms with Crippen LogP contribution < -0.4 is 0 Å². The number of rotatable bonds is 4. The van der Waals surface area contributed by atoms with Crippen LogP contribution in [0.5, 0.6) is 0 Å². The second-order valence-electron chi connectivity index (χ2n) is 4.55. The first-order chi connectivity index (χ1) is 9.78. The Kier molecular flexibility index (Phi) is 4.03. The van der Waals surface area contributed by atoms with E-state index in [-0.39, 0.29) is 0 Å². The molecular weight excluding hydrogens is 338 g/mol. The molecule has 3 rings (SSSR count). The van der Waals surface area contributed by atoms with Crippen LogP contribution in [0.4, 0.5) is 0 Å². The van der Waals surface area contributed by atoms with E-state index in [2.05, 4.69) is 36.5 Å². The average Bonchev–Trinajstić information content (AvgIpc) is 2.83. The third kappa shape index (κ3) is 2.72. The maximum atomic E-state index is 6.02. The lowest BCUT2D eigenvalue weighted by molar-refractivity contribution is 0.687. The van der Waals surface area contributed by atoms with E-state index in [4.69, 9.17) is 11.6 Å². The predicted octanol–water partition coefficient (Wildman–Crippen LogP) is 4.18. The molecule has 0 aliphatic heterocycles. The van der Waals surface area contributed by atoms with Gasteiger partial charge in [0.25, 0.3) is 0 Å². The van der Waals surface area contributed by atoms with Gasteiger partial charge < -0.3 is 4.57 Å². The van der Waals surface area contributed by atoms with Crippen LogP contribution in [0.2, 0.25) is 0 Å². The molecule has 3 aromatic rings. The number of aryl methyl sites for hydroxylation is 2. The van der Waals surface area contributed by atoms with Crippen LogP contribution in [-0.4, -0.2) is 14.5 Å². The number of hydrogen-bond acceptors (Lipinski definition) is 2. The number of pyridine rings is 1. The van der Waals surface area contributed by atoms with Crippen molar-refractivity contribution < 1.29 is 0 Å². The lowest BCUT2D eigenvalue weighted by Crippen LogP contribution is -2.05. The van der Waals surface area contributed by atoms with Crippen molar-refractivity contribution in [3.8, 4) is 0 Å². The molecule has 0 saturated carbocycles. The van der Waals surface area contributed by atoms with E-state index in [1.165, 1.54) is 5.56 Å². The third-order valence-electron chi connectivity index (χ3n) is 3.28. The lowest BCUT2D eigenvalue weighted by atomic mass is 10.2. The first-order valence-corrected chi connectivity index (χ1v) is 7.70. The molecule has 0 radical (unpaired) electrons. The first-order valence-electron chi connectivity index (χ1n) is 6.37. The summed E-state index contributed by atoms with van der Waals surface area (Å²) >= 11 is 9.49. The highest BCUT2D eigenvalue weighted by Gasteiger charge is 2.10. The van der Waals surface area contributed by atoms with Gasteiger partial charge in [-0.15, -0.1) is 11.6 Å². The van der Waals surface area contributed by atoms with Crippen LogP contribution in [0.15, 0.2) is 47.2 Å². The Morgan fingerprint density at radius 3 is 2.70 bits per heavy atom. The number of nitrogens with zero attached hydrogens (tertiary/aromatic N) is 3. The molecule has 0 bridgehead atoms. The van der Waals surface area contributed by atoms with E-state index in [9.17, 15) is 0 Å². The topological polar surface area (TPSA) is 30.7 Å². The van der Waals surface area contributed by atoms with Crippen LogP contribution in [0.1, 0.15) is 11.4 Å². The van der Waals surface area contributed by atoms with Crippen molar-refractivity contribution in [2.75, 3.05) is 0 Å². The molecule has 0 atom stereocenters. The zero-order valence-electron chi connectivity index (χ0n) is 10.8. The van der Waals surface area contributed by atoms with Crippen LogP contribution in [0.25, 0.3) is 11.0 Å². The Bertz CT molecular complexity index is 725. The number of benzene rings is 1. The number of aromatic nitrogens is 3. The number of hydrogen-bond donors (Lipinski definition) is 0. The van der Waals surface area contributed by atoms with E-state index < -0.39 is 0 Å². The van der Waals surface area contributed by atoms with Gasteiger partial charge >= 0.3 is 0 Å². The van der Waals surface area contributed by atoms with Gasteiger partial charge in [0.05, 0.1) is 16.9 Å². The van der Waals surface area contributed by atoms with Gasteiger partial charge in [-0.25, -0.2) is 4.98 Å². The normalized spacial score (nSPS) is 11.1. The summed E-state index contributed by atoms with van der Waals surface area (Å²) in [7, 11) is 0. The highest BCUT2D eigenvalue weighted by Crippen LogP contribution is 2.22. The lowest BCUT2D eigenvalue weighted by Gasteiger charge is -2.07. The molecule has 0 fully saturated rings. The third-order valence-corrected chi connectivity index (χ3v) is 4.01. The quantitative estimate of drug-likeness (QED) is 0.661. The molecule has 3 nitrogen and oxygen atoms in total. The van der Waals surface area contributed by atoms with Crippen LogP contribution in [-0.2, 0) is 18.8 Å².